The van der Waals surface area contributed by atoms with Gasteiger partial charge in [0.05, 0.1) is 23.9 Å². The molecule has 1 aromatic carbocycles. The van der Waals surface area contributed by atoms with E-state index in [0.29, 0.717) is 30.9 Å². The maximum Gasteiger partial charge on any atom is 0.296 e. The van der Waals surface area contributed by atoms with Gasteiger partial charge in [0.25, 0.3) is 5.91 Å². The lowest BCUT2D eigenvalue weighted by atomic mass is 9.94. The van der Waals surface area contributed by atoms with Gasteiger partial charge < -0.3 is 9.67 Å². The summed E-state index contributed by atoms with van der Waals surface area (Å²) in [6, 6.07) is 6.36. The van der Waals surface area contributed by atoms with Crippen LogP contribution in [-0.2, 0) is 19.4 Å². The summed E-state index contributed by atoms with van der Waals surface area (Å²) < 4.78 is 15.3. The second-order valence-electron chi connectivity index (χ2n) is 8.25. The van der Waals surface area contributed by atoms with Gasteiger partial charge in [-0.25, -0.2) is 14.4 Å². The average Bonchev–Trinajstić information content (AvgIpc) is 3.02. The van der Waals surface area contributed by atoms with E-state index in [2.05, 4.69) is 4.98 Å². The summed E-state index contributed by atoms with van der Waals surface area (Å²) >= 11 is 0. The number of nitrogens with zero attached hydrogens (tertiary/aromatic N) is 3. The summed E-state index contributed by atoms with van der Waals surface area (Å²) in [6.45, 7) is 4.31. The number of aryl methyl sites for hydroxylation is 1. The monoisotopic (exact) mass is 397 g/mol. The molecule has 7 heteroatoms. The number of carbonyl (C=O) groups is 1. The lowest BCUT2D eigenvalue weighted by Gasteiger charge is -2.23. The Morgan fingerprint density at radius 3 is 2.66 bits per heavy atom. The van der Waals surface area contributed by atoms with Crippen molar-refractivity contribution < 1.29 is 19.5 Å². The number of aliphatic hydroxyl groups is 1. The third-order valence-electron chi connectivity index (χ3n) is 5.38. The van der Waals surface area contributed by atoms with Gasteiger partial charge in [-0.15, -0.1) is 0 Å². The van der Waals surface area contributed by atoms with Gasteiger partial charge in [0.1, 0.15) is 11.5 Å². The zero-order valence-electron chi connectivity index (χ0n) is 16.5. The van der Waals surface area contributed by atoms with E-state index in [9.17, 15) is 19.5 Å². The Hall–Kier alpha value is -2.77. The maximum absolute atomic E-state index is 13.3. The first-order valence-electron chi connectivity index (χ1n) is 9.70. The van der Waals surface area contributed by atoms with Gasteiger partial charge >= 0.3 is 0 Å². The molecule has 0 saturated heterocycles. The van der Waals surface area contributed by atoms with Gasteiger partial charge in [0.2, 0.25) is 0 Å². The molecule has 0 unspecified atom stereocenters. The van der Waals surface area contributed by atoms with Gasteiger partial charge in [-0.1, -0.05) is 12.1 Å². The van der Waals surface area contributed by atoms with Crippen LogP contribution in [0.15, 0.2) is 36.7 Å². The Balaban J connectivity index is 1.82. The molecular formula is C22H24FN3O3. The van der Waals surface area contributed by atoms with E-state index in [1.807, 2.05) is 10.8 Å². The van der Waals surface area contributed by atoms with Crippen molar-refractivity contribution in [3.8, 4) is 0 Å². The smallest absolute Gasteiger partial charge is 0.296 e. The van der Waals surface area contributed by atoms with Crippen LogP contribution < -0.4 is 0 Å². The van der Waals surface area contributed by atoms with Crippen molar-refractivity contribution in [3.63, 3.8) is 0 Å². The molecule has 0 spiro atoms. The van der Waals surface area contributed by atoms with E-state index >= 15 is 0 Å². The molecule has 0 aliphatic carbocycles. The van der Waals surface area contributed by atoms with Crippen LogP contribution in [0.1, 0.15) is 47.4 Å². The zero-order valence-corrected chi connectivity index (χ0v) is 16.5. The van der Waals surface area contributed by atoms with E-state index in [-0.39, 0.29) is 18.1 Å². The number of aromatic nitrogens is 2. The summed E-state index contributed by atoms with van der Waals surface area (Å²) in [6.07, 6.45) is 5.40. The largest absolute Gasteiger partial charge is 0.390 e. The molecule has 152 valence electrons. The number of benzene rings is 1. The molecule has 0 bridgehead atoms. The first-order chi connectivity index (χ1) is 13.7. The quantitative estimate of drug-likeness (QED) is 0.648. The van der Waals surface area contributed by atoms with Crippen molar-refractivity contribution in [1.82, 2.24) is 14.6 Å². The molecule has 29 heavy (non-hydrogen) atoms. The highest BCUT2D eigenvalue weighted by Crippen LogP contribution is 2.32. The highest BCUT2D eigenvalue weighted by Gasteiger charge is 2.28. The Morgan fingerprint density at radius 1 is 1.24 bits per heavy atom. The Morgan fingerprint density at radius 2 is 1.97 bits per heavy atom. The van der Waals surface area contributed by atoms with Crippen LogP contribution in [-0.4, -0.2) is 43.0 Å². The van der Waals surface area contributed by atoms with Crippen LogP contribution in [0.3, 0.4) is 0 Å². The fourth-order valence-corrected chi connectivity index (χ4v) is 3.86. The van der Waals surface area contributed by atoms with Crippen molar-refractivity contribution in [2.24, 2.45) is 0 Å². The fourth-order valence-electron chi connectivity index (χ4n) is 3.86. The summed E-state index contributed by atoms with van der Waals surface area (Å²) in [5, 5.41) is 21.6. The topological polar surface area (TPSA) is 78.6 Å². The molecule has 1 aliphatic rings. The predicted octanol–water partition coefficient (Wildman–Crippen LogP) is 3.31. The van der Waals surface area contributed by atoms with Crippen molar-refractivity contribution in [3.05, 3.63) is 64.9 Å². The number of fused-ring (bicyclic) bond motifs is 3. The van der Waals surface area contributed by atoms with Crippen molar-refractivity contribution >= 4 is 16.8 Å². The molecule has 0 radical (unpaired) electrons. The SMILES string of the molecule is CC(C)(O)CCc1cn(Cc2ccc(F)cc2)c2cnc3c(c12)CCN(O)C3=O. The minimum Gasteiger partial charge on any atom is -0.390 e. The molecule has 3 heterocycles. The fraction of sp³-hybridized carbons (Fsp3) is 0.364. The number of hydrogen-bond donors (Lipinski definition) is 2. The van der Waals surface area contributed by atoms with Crippen LogP contribution in [0.25, 0.3) is 10.9 Å². The lowest BCUT2D eigenvalue weighted by molar-refractivity contribution is -0.0606. The zero-order chi connectivity index (χ0) is 20.8. The van der Waals surface area contributed by atoms with Crippen LogP contribution in [0.4, 0.5) is 4.39 Å². The third-order valence-corrected chi connectivity index (χ3v) is 5.38. The van der Waals surface area contributed by atoms with E-state index in [4.69, 9.17) is 0 Å². The molecule has 0 fully saturated rings. The number of carbonyl (C=O) groups excluding carboxylic acids is 1. The molecular weight excluding hydrogens is 373 g/mol. The van der Waals surface area contributed by atoms with Crippen LogP contribution in [0.2, 0.25) is 0 Å². The first kappa shape index (κ1) is 19.5. The van der Waals surface area contributed by atoms with Gasteiger partial charge in [-0.2, -0.15) is 0 Å². The minimum atomic E-state index is -0.809. The number of hydroxylamine groups is 2. The Bertz CT molecular complexity index is 1070. The summed E-state index contributed by atoms with van der Waals surface area (Å²) in [5.74, 6) is -0.771. The summed E-state index contributed by atoms with van der Waals surface area (Å²) in [7, 11) is 0. The average molecular weight is 397 g/mol. The number of amides is 1. The van der Waals surface area contributed by atoms with E-state index in [1.165, 1.54) is 12.1 Å². The molecule has 0 atom stereocenters. The molecule has 2 aromatic heterocycles. The van der Waals surface area contributed by atoms with Crippen LogP contribution >= 0.6 is 0 Å². The Kier molecular flexibility index (Phi) is 4.88. The van der Waals surface area contributed by atoms with Gasteiger partial charge in [0.15, 0.2) is 0 Å². The maximum atomic E-state index is 13.3. The second kappa shape index (κ2) is 7.24. The van der Waals surface area contributed by atoms with E-state index < -0.39 is 11.5 Å². The molecule has 3 aromatic rings. The first-order valence-corrected chi connectivity index (χ1v) is 9.70. The second-order valence-corrected chi connectivity index (χ2v) is 8.25. The number of halogens is 1. The summed E-state index contributed by atoms with van der Waals surface area (Å²) in [5.41, 5.74) is 3.17. The van der Waals surface area contributed by atoms with Gasteiger partial charge in [0, 0.05) is 18.1 Å². The highest BCUT2D eigenvalue weighted by atomic mass is 19.1. The number of hydrogen-bond acceptors (Lipinski definition) is 4. The molecule has 2 N–H and O–H groups in total. The minimum absolute atomic E-state index is 0.223. The Labute approximate surface area is 168 Å². The van der Waals surface area contributed by atoms with E-state index in [1.54, 1.807) is 32.2 Å². The van der Waals surface area contributed by atoms with Crippen molar-refractivity contribution in [2.75, 3.05) is 6.54 Å². The number of pyridine rings is 1. The third kappa shape index (κ3) is 3.88. The molecule has 0 saturated carbocycles. The standard InChI is InChI=1S/C22H24FN3O3/c1-22(2,28)9-7-15-13-25(12-14-3-5-16(23)6-4-14)18-11-24-20-17(19(15)18)8-10-26(29)21(20)27/h3-6,11,13,28-29H,7-10,12H2,1-2H3. The number of rotatable bonds is 5. The van der Waals surface area contributed by atoms with Crippen molar-refractivity contribution in [1.29, 1.82) is 0 Å². The van der Waals surface area contributed by atoms with E-state index in [0.717, 1.165) is 27.6 Å². The summed E-state index contributed by atoms with van der Waals surface area (Å²) in [4.78, 5) is 16.7. The van der Waals surface area contributed by atoms with Crippen LogP contribution in [0.5, 0.6) is 0 Å². The lowest BCUT2D eigenvalue weighted by Crippen LogP contribution is -2.35. The predicted molar refractivity (Wildman–Crippen MR) is 106 cm³/mol. The molecule has 1 amide bonds. The van der Waals surface area contributed by atoms with Crippen molar-refractivity contribution in [2.45, 2.75) is 45.3 Å². The highest BCUT2D eigenvalue weighted by molar-refractivity contribution is 6.00. The normalized spacial score (nSPS) is 14.5. The van der Waals surface area contributed by atoms with Gasteiger partial charge in [-0.05, 0) is 61.9 Å². The molecule has 4 rings (SSSR count). The molecule has 1 aliphatic heterocycles. The van der Waals surface area contributed by atoms with Crippen LogP contribution in [0, 0.1) is 5.82 Å². The molecule has 6 nitrogen and oxygen atoms in total. The van der Waals surface area contributed by atoms with Gasteiger partial charge in [-0.3, -0.25) is 10.0 Å².